The summed E-state index contributed by atoms with van der Waals surface area (Å²) in [5, 5.41) is 2.75. The summed E-state index contributed by atoms with van der Waals surface area (Å²) in [6.45, 7) is 2.74. The molecule has 0 fully saturated rings. The molecule has 1 amide bonds. The molecule has 2 rings (SSSR count). The lowest BCUT2D eigenvalue weighted by Gasteiger charge is -2.13. The Morgan fingerprint density at radius 1 is 1.14 bits per heavy atom. The van der Waals surface area contributed by atoms with E-state index >= 15 is 0 Å². The number of hydrogen-bond acceptors (Lipinski definition) is 4. The normalized spacial score (nSPS) is 12.2. The van der Waals surface area contributed by atoms with E-state index < -0.39 is 6.04 Å². The Morgan fingerprint density at radius 3 is 2.43 bits per heavy atom. The second-order valence-electron chi connectivity index (χ2n) is 6.89. The highest BCUT2D eigenvalue weighted by Crippen LogP contribution is 2.20. The van der Waals surface area contributed by atoms with Gasteiger partial charge in [0.05, 0.1) is 18.7 Å². The summed E-state index contributed by atoms with van der Waals surface area (Å²) in [6.07, 6.45) is 5.17. The van der Waals surface area contributed by atoms with E-state index in [1.807, 2.05) is 45.3 Å². The number of rotatable bonds is 9. The van der Waals surface area contributed by atoms with Crippen molar-refractivity contribution in [3.63, 3.8) is 0 Å². The zero-order chi connectivity index (χ0) is 20.5. The number of ether oxygens (including phenoxy) is 1. The van der Waals surface area contributed by atoms with Crippen LogP contribution in [0.1, 0.15) is 40.4 Å². The molecule has 0 aliphatic rings. The van der Waals surface area contributed by atoms with Gasteiger partial charge >= 0.3 is 0 Å². The third kappa shape index (κ3) is 6.06. The summed E-state index contributed by atoms with van der Waals surface area (Å²) in [5.41, 5.74) is 3.52. The van der Waals surface area contributed by atoms with Crippen LogP contribution in [0.4, 0.5) is 0 Å². The Bertz CT molecular complexity index is 826. The van der Waals surface area contributed by atoms with Crippen LogP contribution in [0.2, 0.25) is 0 Å². The third-order valence-electron chi connectivity index (χ3n) is 4.36. The van der Waals surface area contributed by atoms with Crippen molar-refractivity contribution in [3.05, 3.63) is 64.7 Å². The van der Waals surface area contributed by atoms with Crippen LogP contribution in [0.5, 0.6) is 5.75 Å². The van der Waals surface area contributed by atoms with E-state index in [-0.39, 0.29) is 5.91 Å². The first-order valence-electron chi connectivity index (χ1n) is 9.32. The Hall–Kier alpha value is -2.92. The number of hydrogen-bond donors (Lipinski definition) is 1. The third-order valence-corrected chi connectivity index (χ3v) is 4.36. The molecule has 2 aromatic carbocycles. The molecule has 0 aromatic heterocycles. The van der Waals surface area contributed by atoms with Crippen LogP contribution in [0.3, 0.4) is 0 Å². The van der Waals surface area contributed by atoms with Gasteiger partial charge in [0.15, 0.2) is 0 Å². The van der Waals surface area contributed by atoms with Gasteiger partial charge in [-0.25, -0.2) is 0 Å². The fourth-order valence-electron chi connectivity index (χ4n) is 2.77. The van der Waals surface area contributed by atoms with Gasteiger partial charge in [0.1, 0.15) is 12.0 Å². The first-order chi connectivity index (χ1) is 13.5. The Labute approximate surface area is 167 Å². The molecule has 0 bridgehead atoms. The van der Waals surface area contributed by atoms with Gasteiger partial charge in [-0.15, -0.1) is 0 Å². The molecule has 0 aliphatic carbocycles. The molecule has 5 heteroatoms. The lowest BCUT2D eigenvalue weighted by Crippen LogP contribution is -2.35. The van der Waals surface area contributed by atoms with Crippen LogP contribution < -0.4 is 10.1 Å². The monoisotopic (exact) mass is 380 g/mol. The number of benzene rings is 2. The molecule has 0 saturated heterocycles. The highest BCUT2D eigenvalue weighted by Gasteiger charge is 2.15. The first kappa shape index (κ1) is 21.4. The maximum atomic E-state index is 12.7. The fraction of sp³-hybridized carbons (Fsp3) is 0.304. The molecule has 0 radical (unpaired) electrons. The summed E-state index contributed by atoms with van der Waals surface area (Å²) >= 11 is 0. The van der Waals surface area contributed by atoms with Crippen molar-refractivity contribution in [1.29, 1.82) is 0 Å². The van der Waals surface area contributed by atoms with E-state index in [1.54, 1.807) is 13.2 Å². The molecular formula is C23H28N2O3. The maximum Gasteiger partial charge on any atom is 0.252 e. The number of aldehydes is 1. The van der Waals surface area contributed by atoms with E-state index in [2.05, 4.69) is 34.5 Å². The van der Waals surface area contributed by atoms with Gasteiger partial charge in [0, 0.05) is 6.54 Å². The molecular weight excluding hydrogens is 352 g/mol. The first-order valence-corrected chi connectivity index (χ1v) is 9.32. The molecule has 28 heavy (non-hydrogen) atoms. The molecule has 2 aromatic rings. The van der Waals surface area contributed by atoms with Gasteiger partial charge in [-0.2, -0.15) is 0 Å². The van der Waals surface area contributed by atoms with Crippen molar-refractivity contribution < 1.29 is 14.3 Å². The van der Waals surface area contributed by atoms with Gasteiger partial charge in [0.25, 0.3) is 5.91 Å². The molecule has 1 unspecified atom stereocenters. The molecule has 0 spiro atoms. The minimum Gasteiger partial charge on any atom is -0.497 e. The predicted octanol–water partition coefficient (Wildman–Crippen LogP) is 3.63. The summed E-state index contributed by atoms with van der Waals surface area (Å²) in [5.74, 6) is 0.299. The van der Waals surface area contributed by atoms with Crippen molar-refractivity contribution in [2.24, 2.45) is 0 Å². The Kier molecular flexibility index (Phi) is 7.96. The van der Waals surface area contributed by atoms with E-state index in [1.165, 1.54) is 5.56 Å². The largest absolute Gasteiger partial charge is 0.497 e. The zero-order valence-corrected chi connectivity index (χ0v) is 16.9. The molecule has 1 N–H and O–H groups in total. The molecule has 1 atom stereocenters. The molecule has 0 aliphatic heterocycles. The van der Waals surface area contributed by atoms with E-state index in [0.717, 1.165) is 24.0 Å². The average molecular weight is 380 g/mol. The van der Waals surface area contributed by atoms with Crippen molar-refractivity contribution >= 4 is 24.3 Å². The van der Waals surface area contributed by atoms with Crippen molar-refractivity contribution in [2.45, 2.75) is 25.9 Å². The van der Waals surface area contributed by atoms with Gasteiger partial charge in [-0.3, -0.25) is 4.79 Å². The van der Waals surface area contributed by atoms with Crippen LogP contribution in [0.25, 0.3) is 12.2 Å². The maximum absolute atomic E-state index is 12.7. The lowest BCUT2D eigenvalue weighted by molar-refractivity contribution is -0.109. The van der Waals surface area contributed by atoms with Crippen molar-refractivity contribution in [2.75, 3.05) is 21.2 Å². The van der Waals surface area contributed by atoms with Crippen molar-refractivity contribution in [1.82, 2.24) is 10.2 Å². The van der Waals surface area contributed by atoms with Crippen LogP contribution in [-0.4, -0.2) is 44.3 Å². The zero-order valence-electron chi connectivity index (χ0n) is 16.9. The minimum absolute atomic E-state index is 0.293. The molecule has 0 heterocycles. The van der Waals surface area contributed by atoms with Crippen LogP contribution in [-0.2, 0) is 11.3 Å². The Morgan fingerprint density at radius 2 is 1.86 bits per heavy atom. The number of nitrogens with zero attached hydrogens (tertiary/aromatic N) is 1. The number of carbonyl (C=O) groups excluding carboxylic acids is 2. The second-order valence-corrected chi connectivity index (χ2v) is 6.89. The summed E-state index contributed by atoms with van der Waals surface area (Å²) in [7, 11) is 5.64. The minimum atomic E-state index is -0.500. The second kappa shape index (κ2) is 10.4. The van der Waals surface area contributed by atoms with Gasteiger partial charge in [0.2, 0.25) is 0 Å². The van der Waals surface area contributed by atoms with Crippen LogP contribution in [0, 0.1) is 0 Å². The van der Waals surface area contributed by atoms with Gasteiger partial charge < -0.3 is 19.7 Å². The van der Waals surface area contributed by atoms with Gasteiger partial charge in [-0.05, 0) is 49.3 Å². The van der Waals surface area contributed by atoms with E-state index in [0.29, 0.717) is 17.7 Å². The standard InChI is InChI=1S/C23H28N2O3/c1-5-20(16-26)24-23(27)22-14-21(28-4)13-12-19(22)11-10-17-6-8-18(9-7-17)15-25(2)3/h6-14,16,20H,5,15H2,1-4H3,(H,24,27)/b11-10+. The quantitative estimate of drug-likeness (QED) is 0.533. The summed E-state index contributed by atoms with van der Waals surface area (Å²) in [4.78, 5) is 25.8. The molecule has 5 nitrogen and oxygen atoms in total. The van der Waals surface area contributed by atoms with Crippen LogP contribution >= 0.6 is 0 Å². The fourth-order valence-corrected chi connectivity index (χ4v) is 2.77. The number of carbonyl (C=O) groups is 2. The number of methoxy groups -OCH3 is 1. The SMILES string of the molecule is CCC(C=O)NC(=O)c1cc(OC)ccc1/C=C/c1ccc(CN(C)C)cc1. The van der Waals surface area contributed by atoms with E-state index in [4.69, 9.17) is 4.74 Å². The smallest absolute Gasteiger partial charge is 0.252 e. The predicted molar refractivity (Wildman–Crippen MR) is 113 cm³/mol. The average Bonchev–Trinajstić information content (AvgIpc) is 2.70. The highest BCUT2D eigenvalue weighted by molar-refractivity contribution is 6.00. The van der Waals surface area contributed by atoms with Gasteiger partial charge in [-0.1, -0.05) is 49.4 Å². The Balaban J connectivity index is 2.25. The van der Waals surface area contributed by atoms with E-state index in [9.17, 15) is 9.59 Å². The summed E-state index contributed by atoms with van der Waals surface area (Å²) in [6, 6.07) is 13.1. The topological polar surface area (TPSA) is 58.6 Å². The lowest BCUT2D eigenvalue weighted by atomic mass is 10.0. The molecule has 148 valence electrons. The summed E-state index contributed by atoms with van der Waals surface area (Å²) < 4.78 is 5.25. The van der Waals surface area contributed by atoms with Crippen LogP contribution in [0.15, 0.2) is 42.5 Å². The number of amides is 1. The van der Waals surface area contributed by atoms with Crippen molar-refractivity contribution in [3.8, 4) is 5.75 Å². The number of nitrogens with one attached hydrogen (secondary N) is 1. The highest BCUT2D eigenvalue weighted by atomic mass is 16.5. The molecule has 0 saturated carbocycles.